The van der Waals surface area contributed by atoms with E-state index in [9.17, 15) is 0 Å². The molecule has 0 radical (unpaired) electrons. The molecule has 6 aromatic rings. The maximum absolute atomic E-state index is 5.28. The predicted octanol–water partition coefficient (Wildman–Crippen LogP) is 11.2. The highest BCUT2D eigenvalue weighted by atomic mass is 32.1. The van der Waals surface area contributed by atoms with Gasteiger partial charge >= 0.3 is 0 Å². The van der Waals surface area contributed by atoms with Gasteiger partial charge in [-0.25, -0.2) is 4.99 Å². The van der Waals surface area contributed by atoms with E-state index >= 15 is 0 Å². The summed E-state index contributed by atoms with van der Waals surface area (Å²) in [5, 5.41) is 10.1. The number of rotatable bonds is 6. The van der Waals surface area contributed by atoms with E-state index in [1.54, 1.807) is 0 Å². The van der Waals surface area contributed by atoms with Gasteiger partial charge in [0.25, 0.3) is 0 Å². The highest BCUT2D eigenvalue weighted by molar-refractivity contribution is 7.26. The Kier molecular flexibility index (Phi) is 7.89. The fourth-order valence-corrected chi connectivity index (χ4v) is 8.87. The average molecular weight is 652 g/mol. The Labute approximate surface area is 291 Å². The number of hydrogen-bond acceptors (Lipinski definition) is 4. The zero-order valence-electron chi connectivity index (χ0n) is 27.2. The predicted molar refractivity (Wildman–Crippen MR) is 207 cm³/mol. The molecule has 4 heteroatoms. The number of nitrogens with one attached hydrogen (secondary N) is 2. The van der Waals surface area contributed by atoms with E-state index in [0.717, 1.165) is 36.2 Å². The SMILES string of the molecule is C1=CC(C2=CC=C(c3cccc4c3sc3c(C5=NC(c6ccccc6)NC(c6ccccc6)N5)cccc34)CC2)CC=C1c1ccccc1. The van der Waals surface area contributed by atoms with Crippen LogP contribution in [0.2, 0.25) is 0 Å². The van der Waals surface area contributed by atoms with Crippen molar-refractivity contribution in [1.82, 2.24) is 10.6 Å². The molecule has 2 N–H and O–H groups in total. The van der Waals surface area contributed by atoms with Crippen molar-refractivity contribution < 1.29 is 0 Å². The van der Waals surface area contributed by atoms with Crippen LogP contribution in [0.5, 0.6) is 0 Å². The van der Waals surface area contributed by atoms with Crippen molar-refractivity contribution in [3.05, 3.63) is 191 Å². The first-order valence-electron chi connectivity index (χ1n) is 17.3. The molecule has 0 saturated heterocycles. The van der Waals surface area contributed by atoms with Crippen LogP contribution in [0.3, 0.4) is 0 Å². The molecule has 3 nitrogen and oxygen atoms in total. The molecule has 0 saturated carbocycles. The standard InChI is InChI=1S/C45H37N3S/c1-4-12-30(13-5-1)31-22-24-32(25-23-31)33-26-28-34(29-27-33)37-18-10-19-38-39-20-11-21-40(42(39)49-41(37)38)45-47-43(35-14-6-2-7-15-35)46-44(48-45)36-16-8-3-9-17-36/h1-24,26,28,32,43-44,46H,25,27,29H2,(H,47,48). The monoisotopic (exact) mass is 651 g/mol. The van der Waals surface area contributed by atoms with Crippen molar-refractivity contribution in [2.45, 2.75) is 31.6 Å². The normalized spacial score (nSPS) is 20.7. The van der Waals surface area contributed by atoms with Crippen molar-refractivity contribution in [3.63, 3.8) is 0 Å². The van der Waals surface area contributed by atoms with Crippen LogP contribution in [0, 0.1) is 5.92 Å². The number of hydrogen-bond donors (Lipinski definition) is 2. The number of allylic oxidation sites excluding steroid dienone is 8. The summed E-state index contributed by atoms with van der Waals surface area (Å²) in [6.07, 6.45) is 14.9. The molecule has 2 aliphatic carbocycles. The molecular weight excluding hydrogens is 615 g/mol. The fourth-order valence-electron chi connectivity index (χ4n) is 7.50. The van der Waals surface area contributed by atoms with Gasteiger partial charge in [-0.3, -0.25) is 5.32 Å². The summed E-state index contributed by atoms with van der Waals surface area (Å²) < 4.78 is 2.63. The molecule has 1 aliphatic heterocycles. The molecule has 0 fully saturated rings. The lowest BCUT2D eigenvalue weighted by Crippen LogP contribution is -2.44. The van der Waals surface area contributed by atoms with E-state index in [0.29, 0.717) is 5.92 Å². The van der Waals surface area contributed by atoms with Crippen molar-refractivity contribution >= 4 is 48.5 Å². The third kappa shape index (κ3) is 5.78. The summed E-state index contributed by atoms with van der Waals surface area (Å²) in [6, 6.07) is 45.3. The maximum Gasteiger partial charge on any atom is 0.133 e. The minimum Gasteiger partial charge on any atom is -0.350 e. The van der Waals surface area contributed by atoms with Crippen LogP contribution in [0.25, 0.3) is 31.3 Å². The zero-order valence-corrected chi connectivity index (χ0v) is 28.0. The van der Waals surface area contributed by atoms with Crippen LogP contribution in [0.4, 0.5) is 0 Å². The lowest BCUT2D eigenvalue weighted by Gasteiger charge is -2.32. The maximum atomic E-state index is 5.28. The Morgan fingerprint density at radius 1 is 0.633 bits per heavy atom. The van der Waals surface area contributed by atoms with Gasteiger partial charge in [0.05, 0.1) is 0 Å². The van der Waals surface area contributed by atoms with E-state index in [2.05, 4.69) is 168 Å². The van der Waals surface area contributed by atoms with Crippen LogP contribution in [-0.2, 0) is 0 Å². The molecule has 3 aliphatic rings. The third-order valence-corrected chi connectivity index (χ3v) is 11.4. The number of aliphatic imine (C=N–C) groups is 1. The number of thiophene rings is 1. The van der Waals surface area contributed by atoms with Crippen molar-refractivity contribution in [2.24, 2.45) is 10.9 Å². The largest absolute Gasteiger partial charge is 0.350 e. The molecule has 238 valence electrons. The van der Waals surface area contributed by atoms with Gasteiger partial charge in [-0.15, -0.1) is 11.3 Å². The molecule has 3 unspecified atom stereocenters. The number of amidine groups is 1. The fraction of sp³-hybridized carbons (Fsp3) is 0.133. The van der Waals surface area contributed by atoms with Gasteiger partial charge in [0.1, 0.15) is 18.2 Å². The molecular formula is C45H37N3S. The summed E-state index contributed by atoms with van der Waals surface area (Å²) in [7, 11) is 0. The van der Waals surface area contributed by atoms with E-state index < -0.39 is 0 Å². The molecule has 3 atom stereocenters. The number of nitrogens with zero attached hydrogens (tertiary/aromatic N) is 1. The Bertz CT molecular complexity index is 2310. The Hall–Kier alpha value is -5.29. The first kappa shape index (κ1) is 29.8. The molecule has 2 heterocycles. The first-order valence-corrected chi connectivity index (χ1v) is 18.1. The Morgan fingerprint density at radius 2 is 1.31 bits per heavy atom. The lowest BCUT2D eigenvalue weighted by molar-refractivity contribution is 0.409. The highest BCUT2D eigenvalue weighted by Gasteiger charge is 2.27. The smallest absolute Gasteiger partial charge is 0.133 e. The van der Waals surface area contributed by atoms with Crippen LogP contribution in [-0.4, -0.2) is 5.84 Å². The van der Waals surface area contributed by atoms with Crippen LogP contribution in [0.15, 0.2) is 168 Å². The number of benzene rings is 5. The minimum atomic E-state index is -0.157. The second kappa shape index (κ2) is 13.0. The summed E-state index contributed by atoms with van der Waals surface area (Å²) in [5.74, 6) is 1.40. The molecule has 9 rings (SSSR count). The number of fused-ring (bicyclic) bond motifs is 3. The highest BCUT2D eigenvalue weighted by Crippen LogP contribution is 2.43. The second-order valence-corrected chi connectivity index (χ2v) is 14.1. The topological polar surface area (TPSA) is 36.4 Å². The van der Waals surface area contributed by atoms with Crippen molar-refractivity contribution in [2.75, 3.05) is 0 Å². The van der Waals surface area contributed by atoms with Gasteiger partial charge in [0.2, 0.25) is 0 Å². The average Bonchev–Trinajstić information content (AvgIpc) is 3.58. The van der Waals surface area contributed by atoms with E-state index in [4.69, 9.17) is 4.99 Å². The van der Waals surface area contributed by atoms with E-state index in [-0.39, 0.29) is 12.3 Å². The van der Waals surface area contributed by atoms with Crippen LogP contribution >= 0.6 is 11.3 Å². The molecule has 1 aromatic heterocycles. The van der Waals surface area contributed by atoms with Crippen LogP contribution < -0.4 is 10.6 Å². The lowest BCUT2D eigenvalue weighted by atomic mass is 9.82. The summed E-state index contributed by atoms with van der Waals surface area (Å²) in [6.45, 7) is 0. The summed E-state index contributed by atoms with van der Waals surface area (Å²) in [5.41, 5.74) is 10.4. The van der Waals surface area contributed by atoms with Gasteiger partial charge in [-0.2, -0.15) is 0 Å². The zero-order chi connectivity index (χ0) is 32.6. The minimum absolute atomic E-state index is 0.0630. The van der Waals surface area contributed by atoms with Gasteiger partial charge in [0, 0.05) is 31.7 Å². The molecule has 49 heavy (non-hydrogen) atoms. The molecule has 0 amide bonds. The quantitative estimate of drug-likeness (QED) is 0.188. The summed E-state index contributed by atoms with van der Waals surface area (Å²) >= 11 is 1.90. The van der Waals surface area contributed by atoms with Crippen molar-refractivity contribution in [3.8, 4) is 0 Å². The van der Waals surface area contributed by atoms with E-state index in [1.807, 2.05) is 11.3 Å². The third-order valence-electron chi connectivity index (χ3n) is 10.1. The summed E-state index contributed by atoms with van der Waals surface area (Å²) in [4.78, 5) is 5.28. The molecule has 0 bridgehead atoms. The first-order chi connectivity index (χ1) is 24.3. The van der Waals surface area contributed by atoms with Crippen molar-refractivity contribution in [1.29, 1.82) is 0 Å². The van der Waals surface area contributed by atoms with Gasteiger partial charge in [-0.1, -0.05) is 157 Å². The molecule has 0 spiro atoms. The molecule has 5 aromatic carbocycles. The Morgan fingerprint density at radius 3 is 1.98 bits per heavy atom. The Balaban J connectivity index is 1.05. The van der Waals surface area contributed by atoms with Gasteiger partial charge < -0.3 is 5.32 Å². The van der Waals surface area contributed by atoms with E-state index in [1.165, 1.54) is 53.6 Å². The van der Waals surface area contributed by atoms with Crippen LogP contribution in [0.1, 0.15) is 59.4 Å². The van der Waals surface area contributed by atoms with Gasteiger partial charge in [-0.05, 0) is 58.7 Å². The second-order valence-electron chi connectivity index (χ2n) is 13.1. The van der Waals surface area contributed by atoms with Gasteiger partial charge in [0.15, 0.2) is 0 Å².